The minimum atomic E-state index is -0.582. The van der Waals surface area contributed by atoms with Gasteiger partial charge in [-0.1, -0.05) is 35.3 Å². The SMILES string of the molecule is CC(=O)Oc1ccc2c3c1O[C@H]1CCC[C@@]4(OC(C)=O)[C@@H](C2)N(C)CC[C@]314.CNC(=O)Cc1ccc(Cl)c(Cl)c1. The summed E-state index contributed by atoms with van der Waals surface area (Å²) in [6.45, 7) is 3.84. The molecule has 1 amide bonds. The first kappa shape index (κ1) is 28.7. The molecule has 2 fully saturated rings. The van der Waals surface area contributed by atoms with Gasteiger partial charge in [0.1, 0.15) is 11.7 Å². The van der Waals surface area contributed by atoms with Gasteiger partial charge in [0, 0.05) is 26.5 Å². The van der Waals surface area contributed by atoms with Crippen LogP contribution >= 0.6 is 23.2 Å². The van der Waals surface area contributed by atoms with E-state index in [0.29, 0.717) is 28.0 Å². The lowest BCUT2D eigenvalue weighted by atomic mass is 9.49. The number of nitrogens with one attached hydrogen (secondary N) is 1. The standard InChI is InChI=1S/C21H25NO5.C9H9Cl2NO/c1-12(23)25-15-7-6-14-11-16-21(27-13(2)24)8-4-5-17-20(21,9-10-22(16)3)18(14)19(15)26-17;1-12-9(13)5-6-2-3-7(10)8(11)4-6/h6-7,16-17H,4-5,8-11H2,1-3H3;2-4H,5H2,1H3,(H,12,13)/t16-,17+,20-,21-;/m1./s1. The molecule has 2 aliphatic carbocycles. The van der Waals surface area contributed by atoms with Crippen LogP contribution in [0.1, 0.15) is 56.2 Å². The smallest absolute Gasteiger partial charge is 0.308 e. The number of esters is 2. The molecule has 1 saturated heterocycles. The van der Waals surface area contributed by atoms with E-state index in [1.165, 1.54) is 19.4 Å². The van der Waals surface area contributed by atoms with E-state index < -0.39 is 5.60 Å². The highest BCUT2D eigenvalue weighted by atomic mass is 35.5. The second-order valence-corrected chi connectivity index (χ2v) is 11.8. The van der Waals surface area contributed by atoms with Crippen molar-refractivity contribution in [1.82, 2.24) is 10.2 Å². The van der Waals surface area contributed by atoms with Crippen molar-refractivity contribution in [2.24, 2.45) is 0 Å². The number of carbonyl (C=O) groups excluding carboxylic acids is 3. The number of amides is 1. The van der Waals surface area contributed by atoms with Crippen molar-refractivity contribution < 1.29 is 28.6 Å². The molecule has 2 aromatic rings. The summed E-state index contributed by atoms with van der Waals surface area (Å²) in [5, 5.41) is 3.51. The van der Waals surface area contributed by atoms with E-state index in [2.05, 4.69) is 23.3 Å². The third kappa shape index (κ3) is 4.64. The molecule has 2 aliphatic heterocycles. The van der Waals surface area contributed by atoms with Crippen LogP contribution < -0.4 is 14.8 Å². The molecule has 214 valence electrons. The van der Waals surface area contributed by atoms with Crippen LogP contribution in [0.25, 0.3) is 0 Å². The van der Waals surface area contributed by atoms with Gasteiger partial charge in [0.25, 0.3) is 0 Å². The number of carbonyl (C=O) groups is 3. The lowest BCUT2D eigenvalue weighted by molar-refractivity contribution is -0.212. The largest absolute Gasteiger partial charge is 0.485 e. The third-order valence-corrected chi connectivity index (χ3v) is 9.52. The van der Waals surface area contributed by atoms with Crippen molar-refractivity contribution in [3.63, 3.8) is 0 Å². The average molecular weight is 590 g/mol. The Hall–Kier alpha value is -2.81. The van der Waals surface area contributed by atoms with Crippen LogP contribution in [0.5, 0.6) is 11.5 Å². The number of halogens is 2. The van der Waals surface area contributed by atoms with Gasteiger partial charge in [-0.2, -0.15) is 0 Å². The van der Waals surface area contributed by atoms with E-state index in [4.69, 9.17) is 37.4 Å². The van der Waals surface area contributed by atoms with E-state index in [1.807, 2.05) is 6.07 Å². The molecule has 1 spiro atoms. The van der Waals surface area contributed by atoms with Gasteiger partial charge in [-0.25, -0.2) is 0 Å². The molecule has 6 rings (SSSR count). The fourth-order valence-electron chi connectivity index (χ4n) is 7.33. The van der Waals surface area contributed by atoms with Crippen LogP contribution in [0.2, 0.25) is 10.0 Å². The molecule has 0 unspecified atom stereocenters. The number of benzene rings is 2. The zero-order chi connectivity index (χ0) is 28.8. The van der Waals surface area contributed by atoms with Gasteiger partial charge >= 0.3 is 11.9 Å². The number of likely N-dealkylation sites (tertiary alicyclic amines) is 1. The Kier molecular flexibility index (Phi) is 7.81. The van der Waals surface area contributed by atoms with E-state index in [-0.39, 0.29) is 35.4 Å². The van der Waals surface area contributed by atoms with Crippen molar-refractivity contribution in [3.8, 4) is 11.5 Å². The van der Waals surface area contributed by atoms with Crippen molar-refractivity contribution >= 4 is 41.0 Å². The molecular weight excluding hydrogens is 555 g/mol. The fourth-order valence-corrected chi connectivity index (χ4v) is 7.65. The van der Waals surface area contributed by atoms with E-state index in [9.17, 15) is 14.4 Å². The number of rotatable bonds is 4. The normalized spacial score (nSPS) is 27.4. The van der Waals surface area contributed by atoms with Crippen molar-refractivity contribution in [2.75, 3.05) is 20.6 Å². The minimum Gasteiger partial charge on any atom is -0.485 e. The van der Waals surface area contributed by atoms with Gasteiger partial charge in [-0.15, -0.1) is 0 Å². The topological polar surface area (TPSA) is 94.2 Å². The first-order chi connectivity index (χ1) is 19.0. The molecule has 1 N–H and O–H groups in total. The number of nitrogens with zero attached hydrogens (tertiary/aromatic N) is 1. The Labute approximate surface area is 244 Å². The zero-order valence-corrected chi connectivity index (χ0v) is 24.7. The Morgan fingerprint density at radius 2 is 1.88 bits per heavy atom. The van der Waals surface area contributed by atoms with Crippen LogP contribution in [-0.2, 0) is 37.4 Å². The third-order valence-electron chi connectivity index (χ3n) is 8.78. The first-order valence-electron chi connectivity index (χ1n) is 13.6. The van der Waals surface area contributed by atoms with Gasteiger partial charge in [-0.05, 0) is 75.0 Å². The van der Waals surface area contributed by atoms with Crippen LogP contribution in [0, 0.1) is 0 Å². The Balaban J connectivity index is 0.000000210. The average Bonchev–Trinajstić information content (AvgIpc) is 3.24. The monoisotopic (exact) mass is 588 g/mol. The molecular formula is C30H34Cl2N2O6. The van der Waals surface area contributed by atoms with Gasteiger partial charge in [-0.3, -0.25) is 19.3 Å². The van der Waals surface area contributed by atoms with Gasteiger partial charge < -0.3 is 19.5 Å². The number of hydrogen-bond acceptors (Lipinski definition) is 7. The second-order valence-electron chi connectivity index (χ2n) is 11.0. The predicted molar refractivity (Wildman–Crippen MR) is 151 cm³/mol. The summed E-state index contributed by atoms with van der Waals surface area (Å²) in [5.41, 5.74) is 2.27. The summed E-state index contributed by atoms with van der Waals surface area (Å²) in [6.07, 6.45) is 4.69. The van der Waals surface area contributed by atoms with Gasteiger partial charge in [0.15, 0.2) is 11.5 Å². The van der Waals surface area contributed by atoms with E-state index in [0.717, 1.165) is 49.8 Å². The molecule has 2 heterocycles. The summed E-state index contributed by atoms with van der Waals surface area (Å²) in [4.78, 5) is 37.1. The second kappa shape index (κ2) is 10.9. The molecule has 10 heteroatoms. The van der Waals surface area contributed by atoms with Crippen LogP contribution in [-0.4, -0.2) is 61.1 Å². The van der Waals surface area contributed by atoms with Crippen molar-refractivity contribution in [1.29, 1.82) is 0 Å². The molecule has 4 aliphatic rings. The maximum atomic E-state index is 12.2. The molecule has 2 aromatic carbocycles. The quantitative estimate of drug-likeness (QED) is 0.411. The molecule has 1 saturated carbocycles. The van der Waals surface area contributed by atoms with Crippen molar-refractivity contribution in [2.45, 2.75) is 75.5 Å². The summed E-state index contributed by atoms with van der Waals surface area (Å²) >= 11 is 11.5. The number of piperidine rings is 1. The number of hydrogen-bond donors (Lipinski definition) is 1. The summed E-state index contributed by atoms with van der Waals surface area (Å²) in [6, 6.07) is 9.20. The highest BCUT2D eigenvalue weighted by molar-refractivity contribution is 6.42. The Bertz CT molecular complexity index is 1370. The lowest BCUT2D eigenvalue weighted by Crippen LogP contribution is -2.75. The number of likely N-dealkylation sites (N-methyl/N-ethyl adjacent to an activating group) is 2. The molecule has 8 nitrogen and oxygen atoms in total. The molecule has 0 aromatic heterocycles. The maximum absolute atomic E-state index is 12.2. The summed E-state index contributed by atoms with van der Waals surface area (Å²) in [7, 11) is 3.72. The lowest BCUT2D eigenvalue weighted by Gasteiger charge is -2.63. The van der Waals surface area contributed by atoms with E-state index in [1.54, 1.807) is 25.2 Å². The van der Waals surface area contributed by atoms with Crippen molar-refractivity contribution in [3.05, 3.63) is 57.1 Å². The first-order valence-corrected chi connectivity index (χ1v) is 14.3. The minimum absolute atomic E-state index is 0.0432. The maximum Gasteiger partial charge on any atom is 0.308 e. The number of ether oxygens (including phenoxy) is 3. The van der Waals surface area contributed by atoms with Gasteiger partial charge in [0.2, 0.25) is 5.91 Å². The zero-order valence-electron chi connectivity index (χ0n) is 23.1. The molecule has 0 radical (unpaired) electrons. The highest BCUT2D eigenvalue weighted by Crippen LogP contribution is 2.66. The molecule has 4 atom stereocenters. The van der Waals surface area contributed by atoms with E-state index >= 15 is 0 Å². The molecule has 40 heavy (non-hydrogen) atoms. The van der Waals surface area contributed by atoms with Crippen LogP contribution in [0.4, 0.5) is 0 Å². The van der Waals surface area contributed by atoms with Crippen LogP contribution in [0.15, 0.2) is 30.3 Å². The predicted octanol–water partition coefficient (Wildman–Crippen LogP) is 4.64. The summed E-state index contributed by atoms with van der Waals surface area (Å²) in [5.74, 6) is 0.542. The van der Waals surface area contributed by atoms with Crippen LogP contribution in [0.3, 0.4) is 0 Å². The Morgan fingerprint density at radius 1 is 1.10 bits per heavy atom. The molecule has 2 bridgehead atoms. The van der Waals surface area contributed by atoms with Gasteiger partial charge in [0.05, 0.1) is 27.9 Å². The summed E-state index contributed by atoms with van der Waals surface area (Å²) < 4.78 is 18.2. The highest BCUT2D eigenvalue weighted by Gasteiger charge is 2.73. The Morgan fingerprint density at radius 3 is 2.55 bits per heavy atom. The fraction of sp³-hybridized carbons (Fsp3) is 0.500.